The van der Waals surface area contributed by atoms with Gasteiger partial charge in [-0.3, -0.25) is 9.59 Å². The Kier molecular flexibility index (Phi) is 6.28. The molecule has 0 spiro atoms. The first kappa shape index (κ1) is 21.6. The molecule has 6 nitrogen and oxygen atoms in total. The van der Waals surface area contributed by atoms with E-state index in [2.05, 4.69) is 15.9 Å². The van der Waals surface area contributed by atoms with E-state index in [0.29, 0.717) is 39.1 Å². The highest BCUT2D eigenvalue weighted by Crippen LogP contribution is 2.37. The molecule has 3 aromatic carbocycles. The molecule has 0 saturated carbocycles. The van der Waals surface area contributed by atoms with Gasteiger partial charge in [0.25, 0.3) is 0 Å². The van der Waals surface area contributed by atoms with E-state index in [-0.39, 0.29) is 11.5 Å². The molecule has 0 saturated heterocycles. The van der Waals surface area contributed by atoms with Gasteiger partial charge in [0.15, 0.2) is 17.3 Å². The summed E-state index contributed by atoms with van der Waals surface area (Å²) >= 11 is 3.35. The highest BCUT2D eigenvalue weighted by molar-refractivity contribution is 9.10. The number of carbonyl (C=O) groups is 1. The fourth-order valence-electron chi connectivity index (χ4n) is 3.24. The van der Waals surface area contributed by atoms with Gasteiger partial charge >= 0.3 is 5.97 Å². The van der Waals surface area contributed by atoms with Crippen molar-refractivity contribution in [1.29, 1.82) is 0 Å². The van der Waals surface area contributed by atoms with Crippen LogP contribution in [0.2, 0.25) is 0 Å². The molecule has 0 bridgehead atoms. The quantitative estimate of drug-likeness (QED) is 0.318. The van der Waals surface area contributed by atoms with Crippen molar-refractivity contribution in [2.24, 2.45) is 0 Å². The molecule has 32 heavy (non-hydrogen) atoms. The molecule has 0 unspecified atom stereocenters. The summed E-state index contributed by atoms with van der Waals surface area (Å²) in [6, 6.07) is 19.9. The van der Waals surface area contributed by atoms with Gasteiger partial charge in [0.2, 0.25) is 11.2 Å². The van der Waals surface area contributed by atoms with E-state index in [1.807, 2.05) is 30.3 Å². The molecular weight excluding hydrogens is 476 g/mol. The topological polar surface area (TPSA) is 75.0 Å². The predicted octanol–water partition coefficient (Wildman–Crippen LogP) is 5.74. The Morgan fingerprint density at radius 3 is 2.50 bits per heavy atom. The van der Waals surface area contributed by atoms with Gasteiger partial charge in [-0.15, -0.1) is 0 Å². The standard InChI is InChI=1S/C25H19BrO6/c1-15(27)31-25-23(28)19-13-18(26)9-11-20(19)32-24(25)17-8-10-21(22(12-17)29-2)30-14-16-6-4-3-5-7-16/h3-13H,14H2,1-2H3. The van der Waals surface area contributed by atoms with Gasteiger partial charge in [-0.1, -0.05) is 46.3 Å². The monoisotopic (exact) mass is 494 g/mol. The van der Waals surface area contributed by atoms with Gasteiger partial charge in [-0.25, -0.2) is 0 Å². The molecule has 0 atom stereocenters. The van der Waals surface area contributed by atoms with Gasteiger partial charge in [0, 0.05) is 17.0 Å². The summed E-state index contributed by atoms with van der Waals surface area (Å²) in [5.74, 6) is 0.311. The number of rotatable bonds is 6. The average molecular weight is 495 g/mol. The summed E-state index contributed by atoms with van der Waals surface area (Å²) in [5.41, 5.74) is 1.45. The largest absolute Gasteiger partial charge is 0.493 e. The zero-order valence-corrected chi connectivity index (χ0v) is 19.0. The number of hydrogen-bond acceptors (Lipinski definition) is 6. The first-order valence-corrected chi connectivity index (χ1v) is 10.6. The average Bonchev–Trinajstić information content (AvgIpc) is 2.80. The zero-order chi connectivity index (χ0) is 22.7. The Morgan fingerprint density at radius 2 is 1.78 bits per heavy atom. The molecule has 4 rings (SSSR count). The van der Waals surface area contributed by atoms with E-state index in [1.54, 1.807) is 36.4 Å². The van der Waals surface area contributed by atoms with E-state index in [1.165, 1.54) is 14.0 Å². The second-order valence-electron chi connectivity index (χ2n) is 6.96. The number of benzene rings is 3. The van der Waals surface area contributed by atoms with E-state index < -0.39 is 11.4 Å². The molecule has 4 aromatic rings. The van der Waals surface area contributed by atoms with Gasteiger partial charge in [0.1, 0.15) is 12.2 Å². The van der Waals surface area contributed by atoms with Crippen LogP contribution in [0.5, 0.6) is 17.2 Å². The van der Waals surface area contributed by atoms with Crippen LogP contribution >= 0.6 is 15.9 Å². The van der Waals surface area contributed by atoms with Crippen molar-refractivity contribution in [3.63, 3.8) is 0 Å². The minimum Gasteiger partial charge on any atom is -0.493 e. The lowest BCUT2D eigenvalue weighted by Gasteiger charge is -2.14. The minimum absolute atomic E-state index is 0.132. The van der Waals surface area contributed by atoms with Crippen LogP contribution in [-0.4, -0.2) is 13.1 Å². The Morgan fingerprint density at radius 1 is 1.00 bits per heavy atom. The second kappa shape index (κ2) is 9.28. The lowest BCUT2D eigenvalue weighted by molar-refractivity contribution is -0.131. The van der Waals surface area contributed by atoms with Crippen molar-refractivity contribution >= 4 is 32.9 Å². The van der Waals surface area contributed by atoms with Gasteiger partial charge in [-0.05, 0) is 42.0 Å². The van der Waals surface area contributed by atoms with Crippen molar-refractivity contribution in [1.82, 2.24) is 0 Å². The maximum Gasteiger partial charge on any atom is 0.308 e. The van der Waals surface area contributed by atoms with Gasteiger partial charge < -0.3 is 18.6 Å². The van der Waals surface area contributed by atoms with Crippen LogP contribution in [0, 0.1) is 0 Å². The Labute approximate surface area is 192 Å². The van der Waals surface area contributed by atoms with Crippen LogP contribution in [0.4, 0.5) is 0 Å². The molecule has 0 aliphatic carbocycles. The Balaban J connectivity index is 1.78. The molecule has 1 aromatic heterocycles. The number of halogens is 1. The van der Waals surface area contributed by atoms with Crippen LogP contribution in [0.1, 0.15) is 12.5 Å². The third kappa shape index (κ3) is 4.53. The summed E-state index contributed by atoms with van der Waals surface area (Å²) in [4.78, 5) is 24.8. The number of fused-ring (bicyclic) bond motifs is 1. The van der Waals surface area contributed by atoms with Crippen molar-refractivity contribution in [3.05, 3.63) is 87.0 Å². The van der Waals surface area contributed by atoms with Crippen molar-refractivity contribution < 1.29 is 23.4 Å². The number of carbonyl (C=O) groups excluding carboxylic acids is 1. The fraction of sp³-hybridized carbons (Fsp3) is 0.120. The number of methoxy groups -OCH3 is 1. The number of ether oxygens (including phenoxy) is 3. The normalized spacial score (nSPS) is 10.7. The van der Waals surface area contributed by atoms with Crippen molar-refractivity contribution in [2.75, 3.05) is 7.11 Å². The summed E-state index contributed by atoms with van der Waals surface area (Å²) < 4.78 is 23.3. The summed E-state index contributed by atoms with van der Waals surface area (Å²) in [5, 5.41) is 0.300. The Hall–Kier alpha value is -3.58. The van der Waals surface area contributed by atoms with Crippen LogP contribution < -0.4 is 19.6 Å². The first-order valence-electron chi connectivity index (χ1n) is 9.76. The van der Waals surface area contributed by atoms with Crippen LogP contribution in [0.15, 0.2) is 80.4 Å². The molecule has 1 heterocycles. The third-order valence-electron chi connectivity index (χ3n) is 4.72. The van der Waals surface area contributed by atoms with E-state index >= 15 is 0 Å². The van der Waals surface area contributed by atoms with Crippen molar-refractivity contribution in [3.8, 4) is 28.6 Å². The minimum atomic E-state index is -0.623. The highest BCUT2D eigenvalue weighted by Gasteiger charge is 2.21. The smallest absolute Gasteiger partial charge is 0.308 e. The van der Waals surface area contributed by atoms with E-state index in [0.717, 1.165) is 5.56 Å². The molecule has 0 amide bonds. The van der Waals surface area contributed by atoms with E-state index in [9.17, 15) is 9.59 Å². The third-order valence-corrected chi connectivity index (χ3v) is 5.21. The molecule has 7 heteroatoms. The second-order valence-corrected chi connectivity index (χ2v) is 7.88. The van der Waals surface area contributed by atoms with Gasteiger partial charge in [0.05, 0.1) is 12.5 Å². The lowest BCUT2D eigenvalue weighted by atomic mass is 10.1. The zero-order valence-electron chi connectivity index (χ0n) is 17.4. The number of esters is 1. The summed E-state index contributed by atoms with van der Waals surface area (Å²) in [7, 11) is 1.52. The molecule has 0 aliphatic rings. The summed E-state index contributed by atoms with van der Waals surface area (Å²) in [6.45, 7) is 1.60. The van der Waals surface area contributed by atoms with Crippen LogP contribution in [-0.2, 0) is 11.4 Å². The molecule has 0 aliphatic heterocycles. The fourth-order valence-corrected chi connectivity index (χ4v) is 3.60. The van der Waals surface area contributed by atoms with E-state index in [4.69, 9.17) is 18.6 Å². The van der Waals surface area contributed by atoms with Gasteiger partial charge in [-0.2, -0.15) is 0 Å². The molecule has 0 fully saturated rings. The maximum absolute atomic E-state index is 13.1. The molecule has 0 N–H and O–H groups in total. The maximum atomic E-state index is 13.1. The molecular formula is C25H19BrO6. The predicted molar refractivity (Wildman–Crippen MR) is 124 cm³/mol. The molecule has 0 radical (unpaired) electrons. The number of hydrogen-bond donors (Lipinski definition) is 0. The van der Waals surface area contributed by atoms with Crippen LogP contribution in [0.3, 0.4) is 0 Å². The van der Waals surface area contributed by atoms with Crippen LogP contribution in [0.25, 0.3) is 22.3 Å². The molecule has 162 valence electrons. The Bertz CT molecular complexity index is 1340. The van der Waals surface area contributed by atoms with Crippen molar-refractivity contribution in [2.45, 2.75) is 13.5 Å². The summed E-state index contributed by atoms with van der Waals surface area (Å²) in [6.07, 6.45) is 0. The lowest BCUT2D eigenvalue weighted by Crippen LogP contribution is -2.13. The SMILES string of the molecule is COc1cc(-c2oc3ccc(Br)cc3c(=O)c2OC(C)=O)ccc1OCc1ccccc1. The first-order chi connectivity index (χ1) is 15.5. The highest BCUT2D eigenvalue weighted by atomic mass is 79.9.